The van der Waals surface area contributed by atoms with Crippen LogP contribution in [0, 0.1) is 0 Å². The monoisotopic (exact) mass is 346 g/mol. The maximum absolute atomic E-state index is 12.1. The summed E-state index contributed by atoms with van der Waals surface area (Å²) >= 11 is 0. The number of benzene rings is 2. The Hall–Kier alpha value is -3.34. The molecule has 0 spiro atoms. The number of hydrogen-bond donors (Lipinski definition) is 1. The van der Waals surface area contributed by atoms with E-state index in [1.807, 2.05) is 54.6 Å². The summed E-state index contributed by atoms with van der Waals surface area (Å²) in [5, 5.41) is 3.89. The van der Waals surface area contributed by atoms with Gasteiger partial charge in [0.05, 0.1) is 12.1 Å². The van der Waals surface area contributed by atoms with Crippen molar-refractivity contribution in [3.05, 3.63) is 72.4 Å². The second-order valence-corrected chi connectivity index (χ2v) is 6.00. The molecule has 0 fully saturated rings. The zero-order chi connectivity index (χ0) is 17.8. The smallest absolute Gasteiger partial charge is 0.244 e. The molecule has 5 nitrogen and oxygen atoms in total. The summed E-state index contributed by atoms with van der Waals surface area (Å²) in [6.45, 7) is 0.791. The van der Waals surface area contributed by atoms with E-state index in [2.05, 4.69) is 10.3 Å². The van der Waals surface area contributed by atoms with Gasteiger partial charge in [-0.25, -0.2) is 0 Å². The van der Waals surface area contributed by atoms with Gasteiger partial charge in [-0.1, -0.05) is 36.4 Å². The fraction of sp³-hybridized carbons (Fsp3) is 0.143. The summed E-state index contributed by atoms with van der Waals surface area (Å²) in [4.78, 5) is 16.5. The number of amides is 1. The normalized spacial score (nSPS) is 15.9. The lowest BCUT2D eigenvalue weighted by molar-refractivity contribution is -0.116. The quantitative estimate of drug-likeness (QED) is 0.737. The minimum absolute atomic E-state index is 0.180. The fourth-order valence-electron chi connectivity index (χ4n) is 2.86. The van der Waals surface area contributed by atoms with E-state index in [1.165, 1.54) is 6.08 Å². The topological polar surface area (TPSA) is 60.5 Å². The van der Waals surface area contributed by atoms with Gasteiger partial charge < -0.3 is 14.8 Å². The Kier molecular flexibility index (Phi) is 4.51. The number of nitrogens with one attached hydrogen (secondary N) is 1. The Morgan fingerprint density at radius 2 is 1.96 bits per heavy atom. The second-order valence-electron chi connectivity index (χ2n) is 6.00. The van der Waals surface area contributed by atoms with Gasteiger partial charge in [0.15, 0.2) is 11.5 Å². The molecule has 1 amide bonds. The Morgan fingerprint density at radius 3 is 2.88 bits per heavy atom. The molecule has 0 bridgehead atoms. The zero-order valence-corrected chi connectivity index (χ0v) is 14.1. The highest BCUT2D eigenvalue weighted by molar-refractivity contribution is 5.95. The predicted octanol–water partition coefficient (Wildman–Crippen LogP) is 3.20. The summed E-state index contributed by atoms with van der Waals surface area (Å²) in [6.07, 6.45) is 4.83. The molecule has 4 rings (SSSR count). The first-order chi connectivity index (χ1) is 12.8. The number of pyridine rings is 1. The summed E-state index contributed by atoms with van der Waals surface area (Å²) in [6, 6.07) is 17.3. The van der Waals surface area contributed by atoms with Gasteiger partial charge in [-0.15, -0.1) is 0 Å². The first kappa shape index (κ1) is 16.1. The third-order valence-corrected chi connectivity index (χ3v) is 4.15. The Morgan fingerprint density at radius 1 is 1.12 bits per heavy atom. The van der Waals surface area contributed by atoms with Crippen LogP contribution in [-0.4, -0.2) is 30.1 Å². The third-order valence-electron chi connectivity index (χ3n) is 4.15. The van der Waals surface area contributed by atoms with Crippen molar-refractivity contribution in [1.82, 2.24) is 10.3 Å². The Labute approximate surface area is 151 Å². The highest BCUT2D eigenvalue weighted by Crippen LogP contribution is 2.30. The van der Waals surface area contributed by atoms with E-state index in [-0.39, 0.29) is 12.0 Å². The van der Waals surface area contributed by atoms with Gasteiger partial charge in [-0.05, 0) is 24.3 Å². The number of carbonyl (C=O) groups is 1. The van der Waals surface area contributed by atoms with Crippen LogP contribution in [0.4, 0.5) is 0 Å². The predicted molar refractivity (Wildman–Crippen MR) is 100 cm³/mol. The van der Waals surface area contributed by atoms with Crippen LogP contribution in [0.15, 0.2) is 66.9 Å². The number of para-hydroxylation sites is 3. The minimum Gasteiger partial charge on any atom is -0.486 e. The number of ether oxygens (including phenoxy) is 2. The van der Waals surface area contributed by atoms with Gasteiger partial charge in [-0.2, -0.15) is 0 Å². The molecule has 26 heavy (non-hydrogen) atoms. The number of hydrogen-bond acceptors (Lipinski definition) is 4. The molecule has 0 radical (unpaired) electrons. The van der Waals surface area contributed by atoms with Gasteiger partial charge in [0.1, 0.15) is 12.7 Å². The van der Waals surface area contributed by atoms with Gasteiger partial charge in [0, 0.05) is 23.2 Å². The molecule has 0 saturated heterocycles. The Bertz CT molecular complexity index is 963. The molecule has 0 aliphatic carbocycles. The van der Waals surface area contributed by atoms with Crippen LogP contribution in [0.25, 0.3) is 17.0 Å². The van der Waals surface area contributed by atoms with E-state index in [1.54, 1.807) is 12.3 Å². The van der Waals surface area contributed by atoms with Crippen molar-refractivity contribution in [3.8, 4) is 11.5 Å². The van der Waals surface area contributed by atoms with E-state index in [9.17, 15) is 4.79 Å². The van der Waals surface area contributed by atoms with Gasteiger partial charge in [0.2, 0.25) is 5.91 Å². The first-order valence-electron chi connectivity index (χ1n) is 8.48. The molecule has 0 saturated carbocycles. The number of fused-ring (bicyclic) bond motifs is 2. The van der Waals surface area contributed by atoms with Gasteiger partial charge >= 0.3 is 0 Å². The average Bonchev–Trinajstić information content (AvgIpc) is 2.70. The van der Waals surface area contributed by atoms with E-state index >= 15 is 0 Å². The largest absolute Gasteiger partial charge is 0.486 e. The Balaban J connectivity index is 1.36. The summed E-state index contributed by atoms with van der Waals surface area (Å²) in [5.41, 5.74) is 1.78. The van der Waals surface area contributed by atoms with Crippen LogP contribution in [0.5, 0.6) is 11.5 Å². The molecule has 1 atom stereocenters. The third kappa shape index (κ3) is 3.52. The average molecular weight is 346 g/mol. The SMILES string of the molecule is O=C(C=Cc1cccc2cccnc12)NCC1COc2ccccc2O1. The van der Waals surface area contributed by atoms with Crippen molar-refractivity contribution in [1.29, 1.82) is 0 Å². The van der Waals surface area contributed by atoms with E-state index in [0.717, 1.165) is 22.2 Å². The summed E-state index contributed by atoms with van der Waals surface area (Å²) in [5.74, 6) is 1.26. The highest BCUT2D eigenvalue weighted by Gasteiger charge is 2.20. The van der Waals surface area contributed by atoms with Crippen molar-refractivity contribution in [2.75, 3.05) is 13.2 Å². The molecular formula is C21H18N2O3. The van der Waals surface area contributed by atoms with E-state index in [0.29, 0.717) is 18.9 Å². The summed E-state index contributed by atoms with van der Waals surface area (Å²) < 4.78 is 11.5. The number of nitrogens with zero attached hydrogens (tertiary/aromatic N) is 1. The second kappa shape index (κ2) is 7.27. The molecule has 1 N–H and O–H groups in total. The van der Waals surface area contributed by atoms with Crippen LogP contribution in [0.1, 0.15) is 5.56 Å². The minimum atomic E-state index is -0.207. The molecule has 1 aliphatic rings. The number of rotatable bonds is 4. The number of carbonyl (C=O) groups excluding carboxylic acids is 1. The van der Waals surface area contributed by atoms with Crippen molar-refractivity contribution in [2.45, 2.75) is 6.10 Å². The van der Waals surface area contributed by atoms with Crippen molar-refractivity contribution < 1.29 is 14.3 Å². The van der Waals surface area contributed by atoms with Crippen molar-refractivity contribution in [2.24, 2.45) is 0 Å². The lowest BCUT2D eigenvalue weighted by atomic mass is 10.1. The maximum Gasteiger partial charge on any atom is 0.244 e. The van der Waals surface area contributed by atoms with Crippen LogP contribution in [-0.2, 0) is 4.79 Å². The molecule has 5 heteroatoms. The molecule has 1 unspecified atom stereocenters. The van der Waals surface area contributed by atoms with Gasteiger partial charge in [-0.3, -0.25) is 9.78 Å². The first-order valence-corrected chi connectivity index (χ1v) is 8.48. The highest BCUT2D eigenvalue weighted by atomic mass is 16.6. The molecule has 130 valence electrons. The van der Waals surface area contributed by atoms with Crippen LogP contribution in [0.3, 0.4) is 0 Å². The lowest BCUT2D eigenvalue weighted by Gasteiger charge is -2.26. The van der Waals surface area contributed by atoms with Crippen molar-refractivity contribution in [3.63, 3.8) is 0 Å². The lowest BCUT2D eigenvalue weighted by Crippen LogP contribution is -2.40. The van der Waals surface area contributed by atoms with Gasteiger partial charge in [0.25, 0.3) is 0 Å². The molecule has 1 aromatic heterocycles. The van der Waals surface area contributed by atoms with Crippen LogP contribution < -0.4 is 14.8 Å². The van der Waals surface area contributed by atoms with E-state index < -0.39 is 0 Å². The molecule has 2 aromatic carbocycles. The van der Waals surface area contributed by atoms with E-state index in [4.69, 9.17) is 9.47 Å². The molecule has 2 heterocycles. The van der Waals surface area contributed by atoms with Crippen LogP contribution >= 0.6 is 0 Å². The summed E-state index contributed by atoms with van der Waals surface area (Å²) in [7, 11) is 0. The fourth-order valence-corrected chi connectivity index (χ4v) is 2.86. The number of aromatic nitrogens is 1. The molecule has 1 aliphatic heterocycles. The molecular weight excluding hydrogens is 328 g/mol. The molecule has 3 aromatic rings. The zero-order valence-electron chi connectivity index (χ0n) is 14.1. The van der Waals surface area contributed by atoms with Crippen LogP contribution in [0.2, 0.25) is 0 Å². The standard InChI is InChI=1S/C21H18N2O3/c24-20(11-10-16-6-3-5-15-7-4-12-22-21(15)16)23-13-17-14-25-18-8-1-2-9-19(18)26-17/h1-12,17H,13-14H2,(H,23,24). The maximum atomic E-state index is 12.1. The van der Waals surface area contributed by atoms with Crippen molar-refractivity contribution >= 4 is 22.9 Å².